The highest BCUT2D eigenvalue weighted by atomic mass is 16.4. The summed E-state index contributed by atoms with van der Waals surface area (Å²) in [5.74, 6) is -1.01. The summed E-state index contributed by atoms with van der Waals surface area (Å²) in [5.41, 5.74) is 5.96. The molecule has 0 amide bonds. The maximum atomic E-state index is 10.8. The predicted molar refractivity (Wildman–Crippen MR) is 54.4 cm³/mol. The third-order valence-corrected chi connectivity index (χ3v) is 1.88. The molecular formula is C9H14N4O2. The van der Waals surface area contributed by atoms with E-state index < -0.39 is 5.97 Å². The molecule has 0 bridgehead atoms. The normalized spacial score (nSPS) is 10.2. The smallest absolute Gasteiger partial charge is 0.339 e. The zero-order valence-corrected chi connectivity index (χ0v) is 8.31. The molecule has 0 radical (unpaired) electrons. The minimum Gasteiger partial charge on any atom is -0.478 e. The molecule has 6 nitrogen and oxygen atoms in total. The van der Waals surface area contributed by atoms with Crippen molar-refractivity contribution in [3.05, 3.63) is 23.8 Å². The first-order valence-corrected chi connectivity index (χ1v) is 4.68. The number of nitrogens with two attached hydrogens (primary N) is 1. The standard InChI is InChI=1S/C9H14N4O2/c10-2-1-3-11-5-8-7(9(14)15)4-12-6-13-8/h4,6,11H,1-3,5,10H2,(H,14,15). The van der Waals surface area contributed by atoms with Crippen molar-refractivity contribution in [1.82, 2.24) is 15.3 Å². The fourth-order valence-corrected chi connectivity index (χ4v) is 1.11. The van der Waals surface area contributed by atoms with E-state index in [1.54, 1.807) is 0 Å². The highest BCUT2D eigenvalue weighted by Gasteiger charge is 2.10. The highest BCUT2D eigenvalue weighted by molar-refractivity contribution is 5.88. The van der Waals surface area contributed by atoms with Crippen LogP contribution in [-0.4, -0.2) is 34.1 Å². The lowest BCUT2D eigenvalue weighted by atomic mass is 10.2. The Morgan fingerprint density at radius 1 is 1.60 bits per heavy atom. The minimum atomic E-state index is -1.01. The lowest BCUT2D eigenvalue weighted by Gasteiger charge is -2.05. The van der Waals surface area contributed by atoms with Gasteiger partial charge in [-0.05, 0) is 19.5 Å². The summed E-state index contributed by atoms with van der Waals surface area (Å²) in [6.45, 7) is 1.78. The second kappa shape index (κ2) is 6.05. The van der Waals surface area contributed by atoms with Gasteiger partial charge in [0.05, 0.1) is 5.69 Å². The first-order chi connectivity index (χ1) is 7.25. The Kier molecular flexibility index (Phi) is 4.65. The van der Waals surface area contributed by atoms with E-state index in [2.05, 4.69) is 15.3 Å². The molecule has 1 heterocycles. The maximum absolute atomic E-state index is 10.8. The van der Waals surface area contributed by atoms with Crippen LogP contribution in [0.1, 0.15) is 22.5 Å². The van der Waals surface area contributed by atoms with Gasteiger partial charge in [-0.25, -0.2) is 14.8 Å². The summed E-state index contributed by atoms with van der Waals surface area (Å²) in [4.78, 5) is 18.4. The number of aromatic carboxylic acids is 1. The van der Waals surface area contributed by atoms with Crippen LogP contribution in [0.15, 0.2) is 12.5 Å². The Hall–Kier alpha value is -1.53. The third-order valence-electron chi connectivity index (χ3n) is 1.88. The Balaban J connectivity index is 2.56. The van der Waals surface area contributed by atoms with Crippen LogP contribution in [0.4, 0.5) is 0 Å². The molecule has 82 valence electrons. The molecule has 0 atom stereocenters. The summed E-state index contributed by atoms with van der Waals surface area (Å²) in [5, 5.41) is 11.9. The molecular weight excluding hydrogens is 196 g/mol. The van der Waals surface area contributed by atoms with Gasteiger partial charge in [0, 0.05) is 12.7 Å². The van der Waals surface area contributed by atoms with Gasteiger partial charge in [-0.1, -0.05) is 0 Å². The number of hydrogen-bond acceptors (Lipinski definition) is 5. The van der Waals surface area contributed by atoms with E-state index in [4.69, 9.17) is 10.8 Å². The van der Waals surface area contributed by atoms with Crippen molar-refractivity contribution in [2.75, 3.05) is 13.1 Å². The van der Waals surface area contributed by atoms with E-state index in [-0.39, 0.29) is 5.56 Å². The number of carbonyl (C=O) groups is 1. The van der Waals surface area contributed by atoms with Crippen LogP contribution in [0.3, 0.4) is 0 Å². The highest BCUT2D eigenvalue weighted by Crippen LogP contribution is 2.02. The minimum absolute atomic E-state index is 0.137. The number of aromatic nitrogens is 2. The lowest BCUT2D eigenvalue weighted by Crippen LogP contribution is -2.20. The van der Waals surface area contributed by atoms with Crippen LogP contribution in [0.2, 0.25) is 0 Å². The van der Waals surface area contributed by atoms with Crippen LogP contribution in [-0.2, 0) is 6.54 Å². The quantitative estimate of drug-likeness (QED) is 0.553. The molecule has 0 saturated heterocycles. The molecule has 0 aromatic carbocycles. The molecule has 1 rings (SSSR count). The van der Waals surface area contributed by atoms with Crippen molar-refractivity contribution >= 4 is 5.97 Å². The second-order valence-electron chi connectivity index (χ2n) is 3.01. The van der Waals surface area contributed by atoms with Gasteiger partial charge >= 0.3 is 5.97 Å². The molecule has 0 saturated carbocycles. The summed E-state index contributed by atoms with van der Waals surface area (Å²) >= 11 is 0. The molecule has 0 unspecified atom stereocenters. The molecule has 1 aromatic heterocycles. The molecule has 0 aliphatic heterocycles. The zero-order chi connectivity index (χ0) is 11.1. The van der Waals surface area contributed by atoms with Crippen molar-refractivity contribution in [2.45, 2.75) is 13.0 Å². The van der Waals surface area contributed by atoms with Gasteiger partial charge in [-0.2, -0.15) is 0 Å². The van der Waals surface area contributed by atoms with Gasteiger partial charge in [0.15, 0.2) is 0 Å². The third kappa shape index (κ3) is 3.61. The number of carboxylic acids is 1. The topological polar surface area (TPSA) is 101 Å². The molecule has 15 heavy (non-hydrogen) atoms. The monoisotopic (exact) mass is 210 g/mol. The van der Waals surface area contributed by atoms with E-state index in [0.717, 1.165) is 13.0 Å². The Labute approximate surface area is 87.5 Å². The average molecular weight is 210 g/mol. The first-order valence-electron chi connectivity index (χ1n) is 4.68. The van der Waals surface area contributed by atoms with Crippen molar-refractivity contribution in [3.63, 3.8) is 0 Å². The molecule has 6 heteroatoms. The number of rotatable bonds is 6. The SMILES string of the molecule is NCCCNCc1ncncc1C(=O)O. The maximum Gasteiger partial charge on any atom is 0.339 e. The number of nitrogens with zero attached hydrogens (tertiary/aromatic N) is 2. The predicted octanol–water partition coefficient (Wildman–Crippen LogP) is -0.387. The van der Waals surface area contributed by atoms with Gasteiger partial charge in [-0.3, -0.25) is 0 Å². The van der Waals surface area contributed by atoms with Crippen molar-refractivity contribution in [2.24, 2.45) is 5.73 Å². The molecule has 4 N–H and O–H groups in total. The Morgan fingerprint density at radius 2 is 2.40 bits per heavy atom. The van der Waals surface area contributed by atoms with Crippen molar-refractivity contribution < 1.29 is 9.90 Å². The largest absolute Gasteiger partial charge is 0.478 e. The molecule has 0 aliphatic rings. The van der Waals surface area contributed by atoms with Gasteiger partial charge < -0.3 is 16.2 Å². The van der Waals surface area contributed by atoms with Gasteiger partial charge in [0.1, 0.15) is 11.9 Å². The van der Waals surface area contributed by atoms with Crippen LogP contribution in [0.5, 0.6) is 0 Å². The Morgan fingerprint density at radius 3 is 3.07 bits per heavy atom. The summed E-state index contributed by atoms with van der Waals surface area (Å²) < 4.78 is 0. The van der Waals surface area contributed by atoms with E-state index in [1.807, 2.05) is 0 Å². The van der Waals surface area contributed by atoms with Gasteiger partial charge in [0.2, 0.25) is 0 Å². The van der Waals surface area contributed by atoms with Crippen LogP contribution >= 0.6 is 0 Å². The van der Waals surface area contributed by atoms with Gasteiger partial charge in [-0.15, -0.1) is 0 Å². The summed E-state index contributed by atoms with van der Waals surface area (Å²) in [6.07, 6.45) is 3.50. The lowest BCUT2D eigenvalue weighted by molar-refractivity contribution is 0.0694. The van der Waals surface area contributed by atoms with Gasteiger partial charge in [0.25, 0.3) is 0 Å². The molecule has 0 spiro atoms. The fourth-order valence-electron chi connectivity index (χ4n) is 1.11. The number of hydrogen-bond donors (Lipinski definition) is 3. The van der Waals surface area contributed by atoms with Crippen molar-refractivity contribution in [1.29, 1.82) is 0 Å². The number of carboxylic acid groups (broad SMARTS) is 1. The fraction of sp³-hybridized carbons (Fsp3) is 0.444. The molecule has 1 aromatic rings. The second-order valence-corrected chi connectivity index (χ2v) is 3.01. The van der Waals surface area contributed by atoms with E-state index in [9.17, 15) is 4.79 Å². The zero-order valence-electron chi connectivity index (χ0n) is 8.31. The molecule has 0 fully saturated rings. The number of nitrogens with one attached hydrogen (secondary N) is 1. The van der Waals surface area contributed by atoms with Crippen LogP contribution in [0.25, 0.3) is 0 Å². The first kappa shape index (κ1) is 11.5. The summed E-state index contributed by atoms with van der Waals surface area (Å²) in [6, 6.07) is 0. The van der Waals surface area contributed by atoms with Crippen LogP contribution in [0, 0.1) is 0 Å². The van der Waals surface area contributed by atoms with Crippen molar-refractivity contribution in [3.8, 4) is 0 Å². The summed E-state index contributed by atoms with van der Waals surface area (Å²) in [7, 11) is 0. The van der Waals surface area contributed by atoms with E-state index in [0.29, 0.717) is 18.8 Å². The Bertz CT molecular complexity index is 330. The van der Waals surface area contributed by atoms with E-state index >= 15 is 0 Å². The van der Waals surface area contributed by atoms with E-state index in [1.165, 1.54) is 12.5 Å². The molecule has 0 aliphatic carbocycles. The average Bonchev–Trinajstić information content (AvgIpc) is 2.25. The van der Waals surface area contributed by atoms with Crippen LogP contribution < -0.4 is 11.1 Å².